The quantitative estimate of drug-likeness (QED) is 0.835. The van der Waals surface area contributed by atoms with Crippen LogP contribution in [0.5, 0.6) is 0 Å². The molecular formula is C17H20BrN3O. The van der Waals surface area contributed by atoms with Gasteiger partial charge in [0.2, 0.25) is 0 Å². The van der Waals surface area contributed by atoms with Gasteiger partial charge in [-0.3, -0.25) is 4.79 Å². The lowest BCUT2D eigenvalue weighted by molar-refractivity contribution is 0.0949. The highest BCUT2D eigenvalue weighted by molar-refractivity contribution is 9.10. The summed E-state index contributed by atoms with van der Waals surface area (Å²) in [6.45, 7) is 6.82. The predicted octanol–water partition coefficient (Wildman–Crippen LogP) is 4.28. The Kier molecular flexibility index (Phi) is 5.55. The van der Waals surface area contributed by atoms with Crippen LogP contribution in [-0.4, -0.2) is 17.4 Å². The summed E-state index contributed by atoms with van der Waals surface area (Å²) in [5.41, 5.74) is 2.69. The molecule has 0 bridgehead atoms. The number of halogens is 1. The van der Waals surface area contributed by atoms with Crippen LogP contribution in [0, 0.1) is 12.8 Å². The molecule has 0 saturated carbocycles. The first-order chi connectivity index (χ1) is 10.5. The molecule has 0 unspecified atom stereocenters. The molecule has 0 radical (unpaired) electrons. The van der Waals surface area contributed by atoms with E-state index in [1.807, 2.05) is 25.1 Å². The van der Waals surface area contributed by atoms with E-state index in [2.05, 4.69) is 45.4 Å². The van der Waals surface area contributed by atoms with E-state index < -0.39 is 0 Å². The van der Waals surface area contributed by atoms with Crippen LogP contribution < -0.4 is 10.6 Å². The van der Waals surface area contributed by atoms with Gasteiger partial charge >= 0.3 is 0 Å². The summed E-state index contributed by atoms with van der Waals surface area (Å²) in [6.07, 6.45) is 1.63. The van der Waals surface area contributed by atoms with Gasteiger partial charge in [0, 0.05) is 22.8 Å². The van der Waals surface area contributed by atoms with Crippen LogP contribution in [0.1, 0.15) is 29.8 Å². The highest BCUT2D eigenvalue weighted by Gasteiger charge is 2.08. The fraction of sp³-hybridized carbons (Fsp3) is 0.294. The highest BCUT2D eigenvalue weighted by atomic mass is 79.9. The molecular weight excluding hydrogens is 342 g/mol. The number of anilines is 2. The van der Waals surface area contributed by atoms with Crippen LogP contribution in [0.15, 0.2) is 41.0 Å². The molecule has 0 saturated heterocycles. The first-order valence-corrected chi connectivity index (χ1v) is 8.02. The molecule has 2 N–H and O–H groups in total. The van der Waals surface area contributed by atoms with Crippen molar-refractivity contribution in [3.8, 4) is 0 Å². The fourth-order valence-electron chi connectivity index (χ4n) is 1.90. The van der Waals surface area contributed by atoms with Crippen LogP contribution in [-0.2, 0) is 0 Å². The summed E-state index contributed by atoms with van der Waals surface area (Å²) in [5, 5.41) is 6.13. The topological polar surface area (TPSA) is 54.0 Å². The maximum Gasteiger partial charge on any atom is 0.251 e. The van der Waals surface area contributed by atoms with Gasteiger partial charge in [0.25, 0.3) is 5.91 Å². The number of hydrogen-bond acceptors (Lipinski definition) is 3. The van der Waals surface area contributed by atoms with Crippen LogP contribution in [0.25, 0.3) is 0 Å². The zero-order chi connectivity index (χ0) is 16.1. The second-order valence-electron chi connectivity index (χ2n) is 5.64. The minimum atomic E-state index is -0.0814. The maximum atomic E-state index is 12.1. The average molecular weight is 362 g/mol. The van der Waals surface area contributed by atoms with Crippen molar-refractivity contribution in [2.24, 2.45) is 5.92 Å². The van der Waals surface area contributed by atoms with E-state index in [1.165, 1.54) is 5.56 Å². The van der Waals surface area contributed by atoms with Crippen molar-refractivity contribution >= 4 is 33.3 Å². The first kappa shape index (κ1) is 16.5. The molecule has 0 fully saturated rings. The SMILES string of the molecule is Cc1ccc(Nc2cc(C(=O)NCC(C)C)ccn2)c(Br)c1. The smallest absolute Gasteiger partial charge is 0.251 e. The average Bonchev–Trinajstić information content (AvgIpc) is 2.48. The summed E-state index contributed by atoms with van der Waals surface area (Å²) in [5.74, 6) is 0.982. The van der Waals surface area contributed by atoms with Gasteiger partial charge in [-0.25, -0.2) is 4.98 Å². The molecule has 1 heterocycles. The third kappa shape index (κ3) is 4.56. The molecule has 5 heteroatoms. The molecule has 0 aliphatic rings. The maximum absolute atomic E-state index is 12.1. The van der Waals surface area contributed by atoms with Crippen molar-refractivity contribution < 1.29 is 4.79 Å². The first-order valence-electron chi connectivity index (χ1n) is 7.23. The number of benzene rings is 1. The number of pyridine rings is 1. The minimum Gasteiger partial charge on any atom is -0.352 e. The molecule has 4 nitrogen and oxygen atoms in total. The molecule has 0 atom stereocenters. The molecule has 22 heavy (non-hydrogen) atoms. The van der Waals surface area contributed by atoms with Gasteiger partial charge in [0.15, 0.2) is 0 Å². The summed E-state index contributed by atoms with van der Waals surface area (Å²) in [4.78, 5) is 16.4. The molecule has 0 aliphatic carbocycles. The summed E-state index contributed by atoms with van der Waals surface area (Å²) < 4.78 is 0.962. The zero-order valence-electron chi connectivity index (χ0n) is 13.0. The number of hydrogen-bond donors (Lipinski definition) is 2. The van der Waals surface area contributed by atoms with Gasteiger partial charge in [0.1, 0.15) is 5.82 Å². The number of carbonyl (C=O) groups is 1. The highest BCUT2D eigenvalue weighted by Crippen LogP contribution is 2.26. The lowest BCUT2D eigenvalue weighted by Crippen LogP contribution is -2.27. The van der Waals surface area contributed by atoms with Gasteiger partial charge < -0.3 is 10.6 Å². The number of nitrogens with one attached hydrogen (secondary N) is 2. The number of aromatic nitrogens is 1. The minimum absolute atomic E-state index is 0.0814. The van der Waals surface area contributed by atoms with Crippen LogP contribution in [0.3, 0.4) is 0 Å². The standard InChI is InChI=1S/C17H20BrN3O/c1-11(2)10-20-17(22)13-6-7-19-16(9-13)21-15-5-4-12(3)8-14(15)18/h4-9,11H,10H2,1-3H3,(H,19,21)(H,20,22). The summed E-state index contributed by atoms with van der Waals surface area (Å²) in [6, 6.07) is 9.49. The van der Waals surface area contributed by atoms with Gasteiger partial charge in [-0.05, 0) is 58.6 Å². The Morgan fingerprint density at radius 1 is 1.27 bits per heavy atom. The Bertz CT molecular complexity index is 671. The second-order valence-corrected chi connectivity index (χ2v) is 6.50. The van der Waals surface area contributed by atoms with Crippen LogP contribution >= 0.6 is 15.9 Å². The lowest BCUT2D eigenvalue weighted by Gasteiger charge is -2.11. The molecule has 0 aliphatic heterocycles. The van der Waals surface area contributed by atoms with Crippen LogP contribution in [0.4, 0.5) is 11.5 Å². The van der Waals surface area contributed by atoms with Gasteiger partial charge in [-0.15, -0.1) is 0 Å². The molecule has 2 rings (SSSR count). The monoisotopic (exact) mass is 361 g/mol. The molecule has 2 aromatic rings. The van der Waals surface area contributed by atoms with Crippen molar-refractivity contribution in [2.75, 3.05) is 11.9 Å². The third-order valence-corrected chi connectivity index (χ3v) is 3.74. The number of aryl methyl sites for hydroxylation is 1. The number of carbonyl (C=O) groups excluding carboxylic acids is 1. The van der Waals surface area contributed by atoms with E-state index in [1.54, 1.807) is 18.3 Å². The van der Waals surface area contributed by atoms with Gasteiger partial charge in [-0.1, -0.05) is 19.9 Å². The van der Waals surface area contributed by atoms with E-state index in [0.717, 1.165) is 10.2 Å². The van der Waals surface area contributed by atoms with Gasteiger partial charge in [0.05, 0.1) is 5.69 Å². The lowest BCUT2D eigenvalue weighted by atomic mass is 10.2. The van der Waals surface area contributed by atoms with Crippen LogP contribution in [0.2, 0.25) is 0 Å². The molecule has 1 amide bonds. The third-order valence-electron chi connectivity index (χ3n) is 3.08. The Balaban J connectivity index is 2.12. The second kappa shape index (κ2) is 7.40. The molecule has 0 spiro atoms. The van der Waals surface area contributed by atoms with E-state index in [-0.39, 0.29) is 5.91 Å². The van der Waals surface area contributed by atoms with Crippen molar-refractivity contribution in [2.45, 2.75) is 20.8 Å². The van der Waals surface area contributed by atoms with Crippen molar-refractivity contribution in [3.05, 3.63) is 52.1 Å². The van der Waals surface area contributed by atoms with E-state index in [4.69, 9.17) is 0 Å². The Morgan fingerprint density at radius 2 is 2.05 bits per heavy atom. The van der Waals surface area contributed by atoms with E-state index in [9.17, 15) is 4.79 Å². The van der Waals surface area contributed by atoms with Gasteiger partial charge in [-0.2, -0.15) is 0 Å². The normalized spacial score (nSPS) is 10.6. The van der Waals surface area contributed by atoms with Crippen molar-refractivity contribution in [1.29, 1.82) is 0 Å². The Hall–Kier alpha value is -1.88. The van der Waals surface area contributed by atoms with Crippen molar-refractivity contribution in [3.63, 3.8) is 0 Å². The van der Waals surface area contributed by atoms with E-state index >= 15 is 0 Å². The largest absolute Gasteiger partial charge is 0.352 e. The number of nitrogens with zero attached hydrogens (tertiary/aromatic N) is 1. The fourth-order valence-corrected chi connectivity index (χ4v) is 2.49. The summed E-state index contributed by atoms with van der Waals surface area (Å²) >= 11 is 3.52. The molecule has 1 aromatic carbocycles. The van der Waals surface area contributed by atoms with E-state index in [0.29, 0.717) is 23.8 Å². The number of rotatable bonds is 5. The Morgan fingerprint density at radius 3 is 2.73 bits per heavy atom. The zero-order valence-corrected chi connectivity index (χ0v) is 14.6. The molecule has 1 aromatic heterocycles. The summed E-state index contributed by atoms with van der Waals surface area (Å²) in [7, 11) is 0. The molecule has 116 valence electrons. The number of amides is 1. The predicted molar refractivity (Wildman–Crippen MR) is 93.6 cm³/mol. The van der Waals surface area contributed by atoms with Crippen molar-refractivity contribution in [1.82, 2.24) is 10.3 Å². The Labute approximate surface area is 139 Å².